The zero-order valence-corrected chi connectivity index (χ0v) is 17.7. The summed E-state index contributed by atoms with van der Waals surface area (Å²) in [5, 5.41) is 10.5. The number of thiazole rings is 1. The molecule has 2 N–H and O–H groups in total. The van der Waals surface area contributed by atoms with Crippen LogP contribution < -0.4 is 15.6 Å². The fourth-order valence-electron chi connectivity index (χ4n) is 3.33. The average Bonchev–Trinajstić information content (AvgIpc) is 3.12. The monoisotopic (exact) mass is 415 g/mol. The number of aromatic nitrogens is 1. The number of hydrogen-bond acceptors (Lipinski definition) is 5. The van der Waals surface area contributed by atoms with Gasteiger partial charge in [0.2, 0.25) is 5.91 Å². The summed E-state index contributed by atoms with van der Waals surface area (Å²) in [4.78, 5) is 18.2. The maximum Gasteiger partial charge on any atom is 0.230 e. The fraction of sp³-hybridized carbons (Fsp3) is 0.400. The summed E-state index contributed by atoms with van der Waals surface area (Å²) in [5.74, 6) is 0.531. The molecule has 28 heavy (non-hydrogen) atoms. The summed E-state index contributed by atoms with van der Waals surface area (Å²) in [6.07, 6.45) is 6.52. The lowest BCUT2D eigenvalue weighted by Gasteiger charge is -2.30. The first-order chi connectivity index (χ1) is 13.5. The highest BCUT2D eigenvalue weighted by molar-refractivity contribution is 7.80. The molecule has 0 unspecified atom stereocenters. The lowest BCUT2D eigenvalue weighted by molar-refractivity contribution is -0.115. The van der Waals surface area contributed by atoms with Crippen molar-refractivity contribution >= 4 is 51.6 Å². The molecule has 1 amide bonds. The second-order valence-corrected chi connectivity index (χ2v) is 8.20. The van der Waals surface area contributed by atoms with Crippen molar-refractivity contribution < 1.29 is 4.79 Å². The molecule has 6 nitrogen and oxygen atoms in total. The Balaban J connectivity index is 1.59. The third-order valence-electron chi connectivity index (χ3n) is 4.82. The Bertz CT molecular complexity index is 836. The zero-order chi connectivity index (χ0) is 19.9. The number of benzene rings is 1. The van der Waals surface area contributed by atoms with Gasteiger partial charge in [0.1, 0.15) is 0 Å². The number of anilines is 2. The molecule has 148 valence electrons. The normalized spacial score (nSPS) is 19.4. The lowest BCUT2D eigenvalue weighted by atomic mass is 9.86. The molecule has 1 aromatic heterocycles. The molecule has 0 saturated heterocycles. The minimum absolute atomic E-state index is 0.0888. The van der Waals surface area contributed by atoms with E-state index < -0.39 is 0 Å². The molecule has 1 aromatic carbocycles. The molecule has 2 atom stereocenters. The third kappa shape index (κ3) is 5.36. The molecule has 3 rings (SSSR count). The van der Waals surface area contributed by atoms with Crippen molar-refractivity contribution in [1.29, 1.82) is 0 Å². The molecule has 1 aliphatic rings. The number of para-hydroxylation sites is 1. The lowest BCUT2D eigenvalue weighted by Crippen LogP contribution is -2.44. The number of hydrazone groups is 1. The highest BCUT2D eigenvalue weighted by Gasteiger charge is 2.21. The van der Waals surface area contributed by atoms with Crippen LogP contribution in [0.25, 0.3) is 0 Å². The Morgan fingerprint density at radius 3 is 2.79 bits per heavy atom. The average molecular weight is 416 g/mol. The number of rotatable bonds is 5. The van der Waals surface area contributed by atoms with Crippen LogP contribution >= 0.6 is 23.6 Å². The van der Waals surface area contributed by atoms with Crippen molar-refractivity contribution in [1.82, 2.24) is 15.7 Å². The van der Waals surface area contributed by atoms with Gasteiger partial charge in [0.05, 0.1) is 17.6 Å². The Morgan fingerprint density at radius 2 is 2.07 bits per heavy atom. The SMILES string of the molecule is CC(=O)N(c1ccccc1)c1nc(/C=N\NC(=S)N[C@H]2CCCC[C@H]2C)cs1. The van der Waals surface area contributed by atoms with Gasteiger partial charge >= 0.3 is 0 Å². The van der Waals surface area contributed by atoms with Crippen molar-refractivity contribution in [3.63, 3.8) is 0 Å². The highest BCUT2D eigenvalue weighted by atomic mass is 32.1. The molecule has 0 radical (unpaired) electrons. The first-order valence-electron chi connectivity index (χ1n) is 9.45. The summed E-state index contributed by atoms with van der Waals surface area (Å²) in [5.41, 5.74) is 4.33. The van der Waals surface area contributed by atoms with E-state index in [-0.39, 0.29) is 5.91 Å². The Kier molecular flexibility index (Phi) is 7.11. The molecule has 1 saturated carbocycles. The minimum atomic E-state index is -0.0888. The second kappa shape index (κ2) is 9.75. The Hall–Kier alpha value is -2.32. The molecule has 0 bridgehead atoms. The predicted molar refractivity (Wildman–Crippen MR) is 119 cm³/mol. The van der Waals surface area contributed by atoms with Crippen LogP contribution in [0.3, 0.4) is 0 Å². The molecule has 8 heteroatoms. The molecular formula is C20H25N5OS2. The summed E-state index contributed by atoms with van der Waals surface area (Å²) in [6, 6.07) is 9.88. The number of hydrogen-bond donors (Lipinski definition) is 2. The summed E-state index contributed by atoms with van der Waals surface area (Å²) >= 11 is 6.74. The molecule has 1 heterocycles. The van der Waals surface area contributed by atoms with E-state index in [4.69, 9.17) is 12.2 Å². The van der Waals surface area contributed by atoms with Crippen LogP contribution in [-0.2, 0) is 4.79 Å². The van der Waals surface area contributed by atoms with Crippen LogP contribution in [0.15, 0.2) is 40.8 Å². The summed E-state index contributed by atoms with van der Waals surface area (Å²) in [7, 11) is 0. The largest absolute Gasteiger partial charge is 0.358 e. The molecule has 0 aliphatic heterocycles. The molecule has 1 aliphatic carbocycles. The van der Waals surface area contributed by atoms with E-state index in [1.54, 1.807) is 11.1 Å². The first-order valence-corrected chi connectivity index (χ1v) is 10.7. The maximum absolute atomic E-state index is 12.1. The van der Waals surface area contributed by atoms with Gasteiger partial charge in [-0.05, 0) is 43.1 Å². The van der Waals surface area contributed by atoms with E-state index in [9.17, 15) is 4.79 Å². The van der Waals surface area contributed by atoms with E-state index in [0.29, 0.717) is 27.9 Å². The smallest absolute Gasteiger partial charge is 0.230 e. The van der Waals surface area contributed by atoms with Gasteiger partial charge < -0.3 is 5.32 Å². The van der Waals surface area contributed by atoms with Crippen LogP contribution in [0, 0.1) is 5.92 Å². The standard InChI is InChI=1S/C20H25N5OS2/c1-14-8-6-7-11-18(14)23-19(27)24-21-12-16-13-28-20(22-16)25(15(2)26)17-9-4-3-5-10-17/h3-5,9-10,12-14,18H,6-8,11H2,1-2H3,(H2,23,24,27)/b21-12-/t14-,18+/m1/s1. The second-order valence-electron chi connectivity index (χ2n) is 6.96. The van der Waals surface area contributed by atoms with Gasteiger partial charge in [-0.15, -0.1) is 11.3 Å². The number of thiocarbonyl (C=S) groups is 1. The molecule has 2 aromatic rings. The number of carbonyl (C=O) groups is 1. The molecule has 0 spiro atoms. The van der Waals surface area contributed by atoms with Gasteiger partial charge in [-0.25, -0.2) is 4.98 Å². The zero-order valence-electron chi connectivity index (χ0n) is 16.1. The van der Waals surface area contributed by atoms with E-state index in [2.05, 4.69) is 27.8 Å². The van der Waals surface area contributed by atoms with Crippen LogP contribution in [0.2, 0.25) is 0 Å². The van der Waals surface area contributed by atoms with Crippen molar-refractivity contribution in [2.75, 3.05) is 4.90 Å². The van der Waals surface area contributed by atoms with Crippen molar-refractivity contribution in [2.24, 2.45) is 11.0 Å². The number of carbonyl (C=O) groups excluding carboxylic acids is 1. The Morgan fingerprint density at radius 1 is 1.32 bits per heavy atom. The fourth-order valence-corrected chi connectivity index (χ4v) is 4.37. The summed E-state index contributed by atoms with van der Waals surface area (Å²) in [6.45, 7) is 3.78. The van der Waals surface area contributed by atoms with Gasteiger partial charge in [0, 0.05) is 18.3 Å². The number of nitrogens with zero attached hydrogens (tertiary/aromatic N) is 3. The Labute approximate surface area is 175 Å². The van der Waals surface area contributed by atoms with Crippen molar-refractivity contribution in [3.05, 3.63) is 41.4 Å². The molecular weight excluding hydrogens is 390 g/mol. The van der Waals surface area contributed by atoms with E-state index in [1.165, 1.54) is 37.5 Å². The van der Waals surface area contributed by atoms with Gasteiger partial charge in [-0.2, -0.15) is 5.10 Å². The van der Waals surface area contributed by atoms with Gasteiger partial charge in [0.25, 0.3) is 0 Å². The van der Waals surface area contributed by atoms with Gasteiger partial charge in [-0.3, -0.25) is 15.1 Å². The topological polar surface area (TPSA) is 69.6 Å². The molecule has 1 fully saturated rings. The first kappa shape index (κ1) is 20.4. The van der Waals surface area contributed by atoms with Crippen LogP contribution in [-0.4, -0.2) is 28.3 Å². The minimum Gasteiger partial charge on any atom is -0.358 e. The van der Waals surface area contributed by atoms with Crippen molar-refractivity contribution in [2.45, 2.75) is 45.6 Å². The third-order valence-corrected chi connectivity index (χ3v) is 5.87. The quantitative estimate of drug-likeness (QED) is 0.435. The van der Waals surface area contributed by atoms with E-state index in [0.717, 1.165) is 12.1 Å². The van der Waals surface area contributed by atoms with Crippen molar-refractivity contribution in [3.8, 4) is 0 Å². The van der Waals surface area contributed by atoms with Gasteiger partial charge in [0.15, 0.2) is 10.2 Å². The van der Waals surface area contributed by atoms with Crippen LogP contribution in [0.5, 0.6) is 0 Å². The predicted octanol–water partition coefficient (Wildman–Crippen LogP) is 4.20. The van der Waals surface area contributed by atoms with Gasteiger partial charge in [-0.1, -0.05) is 38.0 Å². The number of nitrogens with one attached hydrogen (secondary N) is 2. The van der Waals surface area contributed by atoms with E-state index in [1.807, 2.05) is 35.7 Å². The highest BCUT2D eigenvalue weighted by Crippen LogP contribution is 2.28. The number of amides is 1. The van der Waals surface area contributed by atoms with E-state index >= 15 is 0 Å². The summed E-state index contributed by atoms with van der Waals surface area (Å²) < 4.78 is 0. The van der Waals surface area contributed by atoms with Crippen LogP contribution in [0.4, 0.5) is 10.8 Å². The van der Waals surface area contributed by atoms with Crippen LogP contribution in [0.1, 0.15) is 45.2 Å². The maximum atomic E-state index is 12.1.